The number of halogens is 1. The molecule has 128 valence electrons. The van der Waals surface area contributed by atoms with Gasteiger partial charge in [-0.1, -0.05) is 0 Å². The number of carbonyl (C=O) groups excluding carboxylic acids is 1. The number of nitrogens with zero attached hydrogens (tertiary/aromatic N) is 4. The molecule has 0 spiro atoms. The van der Waals surface area contributed by atoms with E-state index < -0.39 is 0 Å². The highest BCUT2D eigenvalue weighted by Crippen LogP contribution is 2.27. The maximum absolute atomic E-state index is 13.1. The van der Waals surface area contributed by atoms with Crippen molar-refractivity contribution in [2.75, 3.05) is 0 Å². The molecule has 0 bridgehead atoms. The summed E-state index contributed by atoms with van der Waals surface area (Å²) in [5.41, 5.74) is 1.83. The second-order valence-corrected chi connectivity index (χ2v) is 5.63. The Morgan fingerprint density at radius 2 is 1.77 bits per heavy atom. The molecule has 0 aliphatic carbocycles. The van der Waals surface area contributed by atoms with E-state index >= 15 is 0 Å². The molecule has 2 aromatic heterocycles. The molecule has 0 saturated heterocycles. The molecule has 0 saturated carbocycles. The zero-order chi connectivity index (χ0) is 18.1. The van der Waals surface area contributed by atoms with Crippen LogP contribution >= 0.6 is 0 Å². The SMILES string of the molecule is CC(=O)c1ccc(Oc2ncnc3c2cnn3-c2ccc(F)cc2)cc1. The van der Waals surface area contributed by atoms with Gasteiger partial charge in [0.15, 0.2) is 11.4 Å². The summed E-state index contributed by atoms with van der Waals surface area (Å²) >= 11 is 0. The monoisotopic (exact) mass is 348 g/mol. The van der Waals surface area contributed by atoms with Crippen molar-refractivity contribution >= 4 is 16.8 Å². The number of ether oxygens (including phenoxy) is 1. The molecule has 2 aromatic carbocycles. The number of benzene rings is 2. The van der Waals surface area contributed by atoms with E-state index in [1.165, 1.54) is 25.4 Å². The molecule has 0 aliphatic rings. The summed E-state index contributed by atoms with van der Waals surface area (Å²) in [5, 5.41) is 4.92. The first-order chi connectivity index (χ1) is 12.6. The molecule has 4 rings (SSSR count). The van der Waals surface area contributed by atoms with E-state index in [0.29, 0.717) is 33.9 Å². The molecule has 7 heteroatoms. The van der Waals surface area contributed by atoms with Crippen LogP contribution in [-0.4, -0.2) is 25.5 Å². The van der Waals surface area contributed by atoms with Crippen molar-refractivity contribution in [1.29, 1.82) is 0 Å². The standard InChI is InChI=1S/C19H13FN4O2/c1-12(25)13-2-8-16(9-3-13)26-19-17-10-23-24(18(17)21-11-22-19)15-6-4-14(20)5-7-15/h2-11H,1H3. The first-order valence-electron chi connectivity index (χ1n) is 7.85. The van der Waals surface area contributed by atoms with Gasteiger partial charge in [0, 0.05) is 5.56 Å². The van der Waals surface area contributed by atoms with Gasteiger partial charge in [0.25, 0.3) is 0 Å². The lowest BCUT2D eigenvalue weighted by molar-refractivity contribution is 0.101. The lowest BCUT2D eigenvalue weighted by Crippen LogP contribution is -1.98. The fourth-order valence-corrected chi connectivity index (χ4v) is 2.54. The molecule has 0 radical (unpaired) electrons. The number of carbonyl (C=O) groups is 1. The lowest BCUT2D eigenvalue weighted by Gasteiger charge is -2.06. The number of Topliss-reactive ketones (excluding diaryl/α,β-unsaturated/α-hetero) is 1. The maximum Gasteiger partial charge on any atom is 0.233 e. The van der Waals surface area contributed by atoms with Gasteiger partial charge >= 0.3 is 0 Å². The van der Waals surface area contributed by atoms with Crippen LogP contribution in [0.2, 0.25) is 0 Å². The maximum atomic E-state index is 13.1. The molecule has 4 aromatic rings. The number of rotatable bonds is 4. The van der Waals surface area contributed by atoms with Gasteiger partial charge < -0.3 is 4.74 Å². The van der Waals surface area contributed by atoms with Crippen LogP contribution in [0.3, 0.4) is 0 Å². The van der Waals surface area contributed by atoms with Crippen molar-refractivity contribution in [3.05, 3.63) is 72.4 Å². The first-order valence-corrected chi connectivity index (χ1v) is 7.85. The summed E-state index contributed by atoms with van der Waals surface area (Å²) in [6, 6.07) is 12.7. The predicted octanol–water partition coefficient (Wildman–Crippen LogP) is 3.95. The zero-order valence-electron chi connectivity index (χ0n) is 13.8. The molecule has 2 heterocycles. The van der Waals surface area contributed by atoms with Gasteiger partial charge in [0.05, 0.1) is 11.9 Å². The zero-order valence-corrected chi connectivity index (χ0v) is 13.8. The van der Waals surface area contributed by atoms with E-state index in [2.05, 4.69) is 15.1 Å². The largest absolute Gasteiger partial charge is 0.438 e. The molecule has 0 fully saturated rings. The van der Waals surface area contributed by atoms with Crippen molar-refractivity contribution < 1.29 is 13.9 Å². The minimum absolute atomic E-state index is 0.0125. The summed E-state index contributed by atoms with van der Waals surface area (Å²) in [7, 11) is 0. The Bertz CT molecular complexity index is 1090. The third-order valence-corrected chi connectivity index (χ3v) is 3.88. The van der Waals surface area contributed by atoms with Crippen LogP contribution in [0.1, 0.15) is 17.3 Å². The van der Waals surface area contributed by atoms with E-state index in [9.17, 15) is 9.18 Å². The van der Waals surface area contributed by atoms with Gasteiger partial charge in [-0.25, -0.2) is 19.0 Å². The minimum Gasteiger partial charge on any atom is -0.438 e. The Morgan fingerprint density at radius 3 is 2.46 bits per heavy atom. The molecular weight excluding hydrogens is 335 g/mol. The fraction of sp³-hybridized carbons (Fsp3) is 0.0526. The Labute approximate surface area is 147 Å². The summed E-state index contributed by atoms with van der Waals surface area (Å²) in [5.74, 6) is 0.558. The van der Waals surface area contributed by atoms with Crippen LogP contribution < -0.4 is 4.74 Å². The van der Waals surface area contributed by atoms with Crippen LogP contribution in [-0.2, 0) is 0 Å². The summed E-state index contributed by atoms with van der Waals surface area (Å²) < 4.78 is 20.5. The summed E-state index contributed by atoms with van der Waals surface area (Å²) in [6.45, 7) is 1.51. The molecular formula is C19H13FN4O2. The number of fused-ring (bicyclic) bond motifs is 1. The number of hydrogen-bond acceptors (Lipinski definition) is 5. The second-order valence-electron chi connectivity index (χ2n) is 5.63. The van der Waals surface area contributed by atoms with Gasteiger partial charge in [-0.3, -0.25) is 4.79 Å². The number of ketones is 1. The van der Waals surface area contributed by atoms with E-state index in [0.717, 1.165) is 0 Å². The highest BCUT2D eigenvalue weighted by Gasteiger charge is 2.13. The highest BCUT2D eigenvalue weighted by atomic mass is 19.1. The fourth-order valence-electron chi connectivity index (χ4n) is 2.54. The van der Waals surface area contributed by atoms with Crippen molar-refractivity contribution in [3.8, 4) is 17.3 Å². The van der Waals surface area contributed by atoms with Crippen LogP contribution in [0, 0.1) is 5.82 Å². The van der Waals surface area contributed by atoms with Crippen molar-refractivity contribution in [2.45, 2.75) is 6.92 Å². The normalized spacial score (nSPS) is 10.8. The molecule has 6 nitrogen and oxygen atoms in total. The Kier molecular flexibility index (Phi) is 3.89. The smallest absolute Gasteiger partial charge is 0.233 e. The summed E-state index contributed by atoms with van der Waals surface area (Å²) in [4.78, 5) is 19.8. The average molecular weight is 348 g/mol. The Morgan fingerprint density at radius 1 is 1.04 bits per heavy atom. The van der Waals surface area contributed by atoms with Gasteiger partial charge in [-0.2, -0.15) is 5.10 Å². The van der Waals surface area contributed by atoms with E-state index in [-0.39, 0.29) is 11.6 Å². The topological polar surface area (TPSA) is 69.9 Å². The summed E-state index contributed by atoms with van der Waals surface area (Å²) in [6.07, 6.45) is 2.97. The molecule has 0 N–H and O–H groups in total. The van der Waals surface area contributed by atoms with E-state index in [4.69, 9.17) is 4.74 Å². The quantitative estimate of drug-likeness (QED) is 0.522. The Balaban J connectivity index is 1.70. The third-order valence-electron chi connectivity index (χ3n) is 3.88. The van der Waals surface area contributed by atoms with Gasteiger partial charge in [0.1, 0.15) is 23.3 Å². The van der Waals surface area contributed by atoms with Crippen molar-refractivity contribution in [1.82, 2.24) is 19.7 Å². The van der Waals surface area contributed by atoms with Crippen LogP contribution in [0.4, 0.5) is 4.39 Å². The average Bonchev–Trinajstić information content (AvgIpc) is 3.08. The van der Waals surface area contributed by atoms with Crippen molar-refractivity contribution in [2.24, 2.45) is 0 Å². The molecule has 0 unspecified atom stereocenters. The number of aromatic nitrogens is 4. The predicted molar refractivity (Wildman–Crippen MR) is 93.1 cm³/mol. The van der Waals surface area contributed by atoms with Crippen LogP contribution in [0.25, 0.3) is 16.7 Å². The van der Waals surface area contributed by atoms with Crippen LogP contribution in [0.5, 0.6) is 11.6 Å². The third kappa shape index (κ3) is 2.90. The second kappa shape index (κ2) is 6.36. The van der Waals surface area contributed by atoms with Gasteiger partial charge in [-0.15, -0.1) is 0 Å². The van der Waals surface area contributed by atoms with Gasteiger partial charge in [-0.05, 0) is 55.5 Å². The lowest BCUT2D eigenvalue weighted by atomic mass is 10.1. The first kappa shape index (κ1) is 15.9. The van der Waals surface area contributed by atoms with Gasteiger partial charge in [0.2, 0.25) is 5.88 Å². The highest BCUT2D eigenvalue weighted by molar-refractivity contribution is 5.94. The Hall–Kier alpha value is -3.61. The van der Waals surface area contributed by atoms with Crippen LogP contribution in [0.15, 0.2) is 61.1 Å². The molecule has 0 amide bonds. The minimum atomic E-state index is -0.321. The van der Waals surface area contributed by atoms with E-state index in [1.54, 1.807) is 47.3 Å². The van der Waals surface area contributed by atoms with Crippen molar-refractivity contribution in [3.63, 3.8) is 0 Å². The molecule has 0 atom stereocenters. The molecule has 0 aliphatic heterocycles. The van der Waals surface area contributed by atoms with E-state index in [1.807, 2.05) is 0 Å². The number of hydrogen-bond donors (Lipinski definition) is 0. The molecule has 26 heavy (non-hydrogen) atoms.